The molecule has 132 valence electrons. The Bertz CT molecular complexity index is 1020. The second-order valence-electron chi connectivity index (χ2n) is 5.68. The highest BCUT2D eigenvalue weighted by molar-refractivity contribution is 7.99. The van der Waals surface area contributed by atoms with Gasteiger partial charge in [-0.15, -0.1) is 0 Å². The molecule has 0 aliphatic heterocycles. The first-order valence-corrected chi connectivity index (χ1v) is 10.2. The van der Waals surface area contributed by atoms with E-state index >= 15 is 0 Å². The lowest BCUT2D eigenvalue weighted by Crippen LogP contribution is -2.22. The van der Waals surface area contributed by atoms with Crippen molar-refractivity contribution in [1.29, 1.82) is 0 Å². The Labute approximate surface area is 156 Å². The topological polar surface area (TPSA) is 63.4 Å². The van der Waals surface area contributed by atoms with Crippen LogP contribution in [-0.2, 0) is 10.0 Å². The van der Waals surface area contributed by atoms with Gasteiger partial charge in [0.05, 0.1) is 4.90 Å². The fourth-order valence-corrected chi connectivity index (χ4v) is 4.54. The third-order valence-electron chi connectivity index (χ3n) is 3.74. The van der Waals surface area contributed by atoms with Crippen molar-refractivity contribution < 1.29 is 12.8 Å². The quantitative estimate of drug-likeness (QED) is 0.590. The summed E-state index contributed by atoms with van der Waals surface area (Å²) in [6.07, 6.45) is 0. The molecule has 1 aromatic heterocycles. The summed E-state index contributed by atoms with van der Waals surface area (Å²) in [6.45, 7) is 2.02. The highest BCUT2D eigenvalue weighted by Crippen LogP contribution is 2.38. The van der Waals surface area contributed by atoms with Crippen LogP contribution in [0.25, 0.3) is 11.1 Å². The van der Waals surface area contributed by atoms with Crippen molar-refractivity contribution in [1.82, 2.24) is 9.29 Å². The first-order valence-electron chi connectivity index (χ1n) is 7.53. The Hall–Kier alpha value is -1.54. The van der Waals surface area contributed by atoms with Gasteiger partial charge in [-0.2, -0.15) is 0 Å². The van der Waals surface area contributed by atoms with Crippen LogP contribution in [0.5, 0.6) is 0 Å². The third kappa shape index (κ3) is 3.69. The molecule has 1 heterocycles. The SMILES string of the molecule is C[C@@H](Sc1nc2cc(S(=O)(=O)N(C)C)ccc2o1)c1ccccc1Cl. The first-order chi connectivity index (χ1) is 11.8. The van der Waals surface area contributed by atoms with Crippen molar-refractivity contribution in [3.63, 3.8) is 0 Å². The zero-order valence-corrected chi connectivity index (χ0v) is 16.3. The number of sulfonamides is 1. The third-order valence-corrected chi connectivity index (χ3v) is 6.88. The summed E-state index contributed by atoms with van der Waals surface area (Å²) < 4.78 is 31.4. The number of rotatable bonds is 5. The summed E-state index contributed by atoms with van der Waals surface area (Å²) in [5, 5.41) is 1.21. The summed E-state index contributed by atoms with van der Waals surface area (Å²) in [6, 6.07) is 12.3. The van der Waals surface area contributed by atoms with E-state index in [0.29, 0.717) is 21.3 Å². The van der Waals surface area contributed by atoms with Gasteiger partial charge >= 0.3 is 0 Å². The Balaban J connectivity index is 1.90. The summed E-state index contributed by atoms with van der Waals surface area (Å²) in [4.78, 5) is 4.60. The van der Waals surface area contributed by atoms with Gasteiger partial charge in [0.2, 0.25) is 10.0 Å². The van der Waals surface area contributed by atoms with Crippen molar-refractivity contribution in [2.45, 2.75) is 22.3 Å². The number of halogens is 1. The van der Waals surface area contributed by atoms with Crippen LogP contribution in [0.1, 0.15) is 17.7 Å². The molecule has 5 nitrogen and oxygen atoms in total. The molecule has 0 radical (unpaired) electrons. The van der Waals surface area contributed by atoms with Gasteiger partial charge in [-0.05, 0) is 36.8 Å². The van der Waals surface area contributed by atoms with Crippen LogP contribution in [0.4, 0.5) is 0 Å². The van der Waals surface area contributed by atoms with E-state index in [-0.39, 0.29) is 10.1 Å². The highest BCUT2D eigenvalue weighted by atomic mass is 35.5. The maximum atomic E-state index is 12.2. The number of hydrogen-bond donors (Lipinski definition) is 0. The van der Waals surface area contributed by atoms with E-state index in [4.69, 9.17) is 16.0 Å². The number of aromatic nitrogens is 1. The lowest BCUT2D eigenvalue weighted by atomic mass is 10.2. The van der Waals surface area contributed by atoms with Crippen molar-refractivity contribution in [2.24, 2.45) is 0 Å². The molecule has 3 aromatic rings. The number of oxazole rings is 1. The van der Waals surface area contributed by atoms with Gasteiger partial charge in [0.25, 0.3) is 5.22 Å². The maximum absolute atomic E-state index is 12.2. The Morgan fingerprint density at radius 3 is 2.60 bits per heavy atom. The Morgan fingerprint density at radius 2 is 1.92 bits per heavy atom. The summed E-state index contributed by atoms with van der Waals surface area (Å²) in [5.74, 6) is 0. The molecule has 0 aliphatic carbocycles. The summed E-state index contributed by atoms with van der Waals surface area (Å²) >= 11 is 7.66. The summed E-state index contributed by atoms with van der Waals surface area (Å²) in [5.41, 5.74) is 2.05. The second-order valence-corrected chi connectivity index (χ2v) is 9.53. The molecule has 0 unspecified atom stereocenters. The predicted molar refractivity (Wildman–Crippen MR) is 101 cm³/mol. The standard InChI is InChI=1S/C17H17ClN2O3S2/c1-11(13-6-4-5-7-14(13)18)24-17-19-15-10-12(8-9-16(15)23-17)25(21,22)20(2)3/h4-11H,1-3H3/t11-/m1/s1. The van der Waals surface area contributed by atoms with Crippen LogP contribution >= 0.6 is 23.4 Å². The van der Waals surface area contributed by atoms with Gasteiger partial charge in [0.15, 0.2) is 5.58 Å². The molecule has 0 amide bonds. The highest BCUT2D eigenvalue weighted by Gasteiger charge is 2.20. The number of fused-ring (bicyclic) bond motifs is 1. The molecule has 25 heavy (non-hydrogen) atoms. The number of hydrogen-bond acceptors (Lipinski definition) is 5. The van der Waals surface area contributed by atoms with Gasteiger partial charge in [-0.3, -0.25) is 0 Å². The van der Waals surface area contributed by atoms with Gasteiger partial charge in [-0.25, -0.2) is 17.7 Å². The smallest absolute Gasteiger partial charge is 0.257 e. The molecule has 0 spiro atoms. The maximum Gasteiger partial charge on any atom is 0.257 e. The molecule has 0 saturated carbocycles. The van der Waals surface area contributed by atoms with Gasteiger partial charge in [0, 0.05) is 24.4 Å². The molecule has 8 heteroatoms. The van der Waals surface area contributed by atoms with Gasteiger partial charge in [0.1, 0.15) is 5.52 Å². The molecule has 0 N–H and O–H groups in total. The molecule has 1 atom stereocenters. The molecule has 0 saturated heterocycles. The van der Waals surface area contributed by atoms with E-state index in [1.165, 1.54) is 42.3 Å². The Kier molecular flexibility index (Phi) is 5.11. The van der Waals surface area contributed by atoms with Crippen molar-refractivity contribution in [2.75, 3.05) is 14.1 Å². The van der Waals surface area contributed by atoms with Crippen LogP contribution in [0.2, 0.25) is 5.02 Å². The first kappa shape index (κ1) is 18.3. The average molecular weight is 397 g/mol. The van der Waals surface area contributed by atoms with Crippen LogP contribution in [-0.4, -0.2) is 31.8 Å². The predicted octanol–water partition coefficient (Wildman–Crippen LogP) is 4.58. The normalized spacial score (nSPS) is 13.5. The fourth-order valence-electron chi connectivity index (χ4n) is 2.33. The average Bonchev–Trinajstić information content (AvgIpc) is 2.96. The Morgan fingerprint density at radius 1 is 1.20 bits per heavy atom. The molecule has 0 fully saturated rings. The molecule has 2 aromatic carbocycles. The largest absolute Gasteiger partial charge is 0.431 e. The van der Waals surface area contributed by atoms with Gasteiger partial charge < -0.3 is 4.42 Å². The molecule has 3 rings (SSSR count). The zero-order valence-electron chi connectivity index (χ0n) is 13.9. The van der Waals surface area contributed by atoms with Crippen molar-refractivity contribution in [3.8, 4) is 0 Å². The molecule has 0 bridgehead atoms. The van der Waals surface area contributed by atoms with Crippen LogP contribution in [0.3, 0.4) is 0 Å². The molecular formula is C17H17ClN2O3S2. The van der Waals surface area contributed by atoms with E-state index in [0.717, 1.165) is 5.56 Å². The van der Waals surface area contributed by atoms with Gasteiger partial charge in [-0.1, -0.05) is 41.6 Å². The molecular weight excluding hydrogens is 380 g/mol. The zero-order chi connectivity index (χ0) is 18.2. The van der Waals surface area contributed by atoms with E-state index in [1.807, 2.05) is 31.2 Å². The second kappa shape index (κ2) is 6.99. The number of thioether (sulfide) groups is 1. The van der Waals surface area contributed by atoms with E-state index < -0.39 is 10.0 Å². The minimum atomic E-state index is -3.50. The summed E-state index contributed by atoms with van der Waals surface area (Å²) in [7, 11) is -0.513. The molecule has 0 aliphatic rings. The minimum Gasteiger partial charge on any atom is -0.431 e. The lowest BCUT2D eigenvalue weighted by molar-refractivity contribution is 0.488. The van der Waals surface area contributed by atoms with Crippen LogP contribution < -0.4 is 0 Å². The van der Waals surface area contributed by atoms with Crippen LogP contribution in [0, 0.1) is 0 Å². The van der Waals surface area contributed by atoms with E-state index in [2.05, 4.69) is 4.98 Å². The fraction of sp³-hybridized carbons (Fsp3) is 0.235. The monoisotopic (exact) mass is 396 g/mol. The number of benzene rings is 2. The van der Waals surface area contributed by atoms with Crippen molar-refractivity contribution >= 4 is 44.5 Å². The van der Waals surface area contributed by atoms with Crippen LogP contribution in [0.15, 0.2) is 57.0 Å². The van der Waals surface area contributed by atoms with E-state index in [9.17, 15) is 8.42 Å². The lowest BCUT2D eigenvalue weighted by Gasteiger charge is -2.10. The van der Waals surface area contributed by atoms with E-state index in [1.54, 1.807) is 6.07 Å². The minimum absolute atomic E-state index is 0.0479. The number of nitrogens with zero attached hydrogens (tertiary/aromatic N) is 2. The van der Waals surface area contributed by atoms with Crippen molar-refractivity contribution in [3.05, 3.63) is 53.1 Å².